The predicted molar refractivity (Wildman–Crippen MR) is 69.2 cm³/mol. The molecule has 0 saturated carbocycles. The zero-order chi connectivity index (χ0) is 13.2. The van der Waals surface area contributed by atoms with Crippen LogP contribution in [0.2, 0.25) is 0 Å². The summed E-state index contributed by atoms with van der Waals surface area (Å²) in [5.41, 5.74) is 3.00. The van der Waals surface area contributed by atoms with Gasteiger partial charge in [-0.05, 0) is 49.1 Å². The summed E-state index contributed by atoms with van der Waals surface area (Å²) in [6.07, 6.45) is 3.51. The van der Waals surface area contributed by atoms with E-state index in [4.69, 9.17) is 5.11 Å². The number of carboxylic acids is 1. The minimum Gasteiger partial charge on any atom is -0.507 e. The molecule has 0 spiro atoms. The molecule has 0 unspecified atom stereocenters. The quantitative estimate of drug-likeness (QED) is 0.839. The first-order chi connectivity index (χ1) is 7.93. The largest absolute Gasteiger partial charge is 0.507 e. The molecule has 0 radical (unpaired) electrons. The Morgan fingerprint density at radius 1 is 1.47 bits per heavy atom. The number of allylic oxidation sites excluding steroid dienone is 2. The van der Waals surface area contributed by atoms with E-state index in [1.165, 1.54) is 6.07 Å². The smallest absolute Gasteiger partial charge is 0.339 e. The number of hydrogen-bond acceptors (Lipinski definition) is 2. The third-order valence-electron chi connectivity index (χ3n) is 2.85. The molecule has 0 amide bonds. The molecule has 0 fully saturated rings. The highest BCUT2D eigenvalue weighted by atomic mass is 16.4. The van der Waals surface area contributed by atoms with Gasteiger partial charge in [-0.25, -0.2) is 4.79 Å². The minimum absolute atomic E-state index is 0.0925. The Morgan fingerprint density at radius 3 is 2.47 bits per heavy atom. The molecule has 0 aromatic heterocycles. The van der Waals surface area contributed by atoms with E-state index in [-0.39, 0.29) is 11.3 Å². The van der Waals surface area contributed by atoms with E-state index < -0.39 is 5.97 Å². The Labute approximate surface area is 101 Å². The number of aromatic carboxylic acids is 1. The maximum absolute atomic E-state index is 11.0. The first-order valence-corrected chi connectivity index (χ1v) is 5.29. The second kappa shape index (κ2) is 4.87. The summed E-state index contributed by atoms with van der Waals surface area (Å²) in [6, 6.07) is 1.44. The number of benzene rings is 1. The average molecular weight is 232 g/mol. The van der Waals surface area contributed by atoms with Crippen molar-refractivity contribution in [2.75, 3.05) is 0 Å². The Hall–Kier alpha value is -2.03. The van der Waals surface area contributed by atoms with Crippen molar-refractivity contribution in [1.82, 2.24) is 0 Å². The fraction of sp³-hybridized carbons (Fsp3) is 0.214. The molecule has 17 heavy (non-hydrogen) atoms. The lowest BCUT2D eigenvalue weighted by atomic mass is 9.92. The van der Waals surface area contributed by atoms with Crippen molar-refractivity contribution >= 4 is 17.6 Å². The van der Waals surface area contributed by atoms with Gasteiger partial charge in [0.05, 0.1) is 0 Å². The third kappa shape index (κ3) is 2.23. The van der Waals surface area contributed by atoms with Gasteiger partial charge in [0.25, 0.3) is 0 Å². The van der Waals surface area contributed by atoms with Crippen LogP contribution in [0, 0.1) is 6.92 Å². The number of phenols is 1. The molecule has 2 N–H and O–H groups in total. The number of rotatable bonds is 3. The van der Waals surface area contributed by atoms with Gasteiger partial charge in [-0.3, -0.25) is 0 Å². The molecule has 1 rings (SSSR count). The summed E-state index contributed by atoms with van der Waals surface area (Å²) in [7, 11) is 0. The molecule has 0 atom stereocenters. The second-order valence-corrected chi connectivity index (χ2v) is 3.84. The number of carbonyl (C=O) groups is 1. The van der Waals surface area contributed by atoms with Crippen molar-refractivity contribution in [2.24, 2.45) is 0 Å². The normalized spacial score (nSPS) is 11.4. The van der Waals surface area contributed by atoms with Crippen molar-refractivity contribution in [3.05, 3.63) is 41.0 Å². The fourth-order valence-corrected chi connectivity index (χ4v) is 1.82. The Bertz CT molecular complexity index is 511. The second-order valence-electron chi connectivity index (χ2n) is 3.84. The van der Waals surface area contributed by atoms with Crippen LogP contribution in [0.15, 0.2) is 18.7 Å². The molecule has 3 nitrogen and oxygen atoms in total. The predicted octanol–water partition coefficient (Wildman–Crippen LogP) is 3.47. The van der Waals surface area contributed by atoms with Crippen molar-refractivity contribution in [3.8, 4) is 5.75 Å². The molecule has 0 heterocycles. The monoisotopic (exact) mass is 232 g/mol. The molecule has 1 aromatic rings. The molecule has 90 valence electrons. The summed E-state index contributed by atoms with van der Waals surface area (Å²) < 4.78 is 0. The van der Waals surface area contributed by atoms with Gasteiger partial charge in [0.1, 0.15) is 11.3 Å². The SMILES string of the molecule is C=Cc1cc(C(=O)O)c(O)c(C)c1/C(C)=C\C. The molecule has 0 aliphatic rings. The summed E-state index contributed by atoms with van der Waals surface area (Å²) in [5, 5.41) is 18.9. The maximum atomic E-state index is 11.0. The summed E-state index contributed by atoms with van der Waals surface area (Å²) in [5.74, 6) is -1.32. The molecule has 3 heteroatoms. The molecular weight excluding hydrogens is 216 g/mol. The topological polar surface area (TPSA) is 57.5 Å². The van der Waals surface area contributed by atoms with Gasteiger partial charge >= 0.3 is 5.97 Å². The van der Waals surface area contributed by atoms with Crippen LogP contribution in [0.1, 0.15) is 40.9 Å². The Kier molecular flexibility index (Phi) is 3.73. The van der Waals surface area contributed by atoms with Gasteiger partial charge in [0.15, 0.2) is 0 Å². The van der Waals surface area contributed by atoms with Gasteiger partial charge in [0, 0.05) is 0 Å². The number of aromatic hydroxyl groups is 1. The highest BCUT2D eigenvalue weighted by molar-refractivity contribution is 5.94. The summed E-state index contributed by atoms with van der Waals surface area (Å²) in [6.45, 7) is 9.19. The molecule has 1 aromatic carbocycles. The van der Waals surface area contributed by atoms with E-state index in [1.807, 2.05) is 19.9 Å². The average Bonchev–Trinajstić information content (AvgIpc) is 2.30. The van der Waals surface area contributed by atoms with Crippen LogP contribution in [0.3, 0.4) is 0 Å². The lowest BCUT2D eigenvalue weighted by Crippen LogP contribution is -2.02. The lowest BCUT2D eigenvalue weighted by molar-refractivity contribution is 0.0693. The molecule has 0 bridgehead atoms. The van der Waals surface area contributed by atoms with E-state index in [2.05, 4.69) is 6.58 Å². The third-order valence-corrected chi connectivity index (χ3v) is 2.85. The van der Waals surface area contributed by atoms with Crippen LogP contribution < -0.4 is 0 Å². The van der Waals surface area contributed by atoms with Crippen LogP contribution in [-0.4, -0.2) is 16.2 Å². The lowest BCUT2D eigenvalue weighted by Gasteiger charge is -2.14. The Morgan fingerprint density at radius 2 is 2.06 bits per heavy atom. The van der Waals surface area contributed by atoms with E-state index >= 15 is 0 Å². The van der Waals surface area contributed by atoms with Crippen LogP contribution in [0.5, 0.6) is 5.75 Å². The van der Waals surface area contributed by atoms with Crippen LogP contribution in [0.4, 0.5) is 0 Å². The van der Waals surface area contributed by atoms with Crippen molar-refractivity contribution < 1.29 is 15.0 Å². The standard InChI is InChI=1S/C14H16O3/c1-5-8(3)12-9(4)13(15)11(14(16)17)7-10(12)6-2/h5-7,15H,2H2,1,3-4H3,(H,16,17)/b8-5-. The molecule has 0 saturated heterocycles. The van der Waals surface area contributed by atoms with E-state index in [9.17, 15) is 9.90 Å². The van der Waals surface area contributed by atoms with Gasteiger partial charge < -0.3 is 10.2 Å². The zero-order valence-corrected chi connectivity index (χ0v) is 10.2. The fourth-order valence-electron chi connectivity index (χ4n) is 1.82. The van der Waals surface area contributed by atoms with Gasteiger partial charge in [-0.1, -0.05) is 18.7 Å². The van der Waals surface area contributed by atoms with Gasteiger partial charge in [-0.15, -0.1) is 0 Å². The Balaban J connectivity index is 3.69. The van der Waals surface area contributed by atoms with Gasteiger partial charge in [0.2, 0.25) is 0 Å². The maximum Gasteiger partial charge on any atom is 0.339 e. The number of hydrogen-bond donors (Lipinski definition) is 2. The van der Waals surface area contributed by atoms with Crippen LogP contribution >= 0.6 is 0 Å². The van der Waals surface area contributed by atoms with Crippen LogP contribution in [0.25, 0.3) is 11.6 Å². The summed E-state index contributed by atoms with van der Waals surface area (Å²) in [4.78, 5) is 11.0. The first kappa shape index (κ1) is 13.0. The first-order valence-electron chi connectivity index (χ1n) is 5.29. The highest BCUT2D eigenvalue weighted by Gasteiger charge is 2.18. The molecule has 0 aliphatic carbocycles. The van der Waals surface area contributed by atoms with Crippen molar-refractivity contribution in [3.63, 3.8) is 0 Å². The number of carboxylic acid groups (broad SMARTS) is 1. The molecular formula is C14H16O3. The van der Waals surface area contributed by atoms with E-state index in [0.717, 1.165) is 11.1 Å². The van der Waals surface area contributed by atoms with E-state index in [0.29, 0.717) is 11.1 Å². The van der Waals surface area contributed by atoms with Crippen LogP contribution in [-0.2, 0) is 0 Å². The van der Waals surface area contributed by atoms with E-state index in [1.54, 1.807) is 13.0 Å². The van der Waals surface area contributed by atoms with Crippen molar-refractivity contribution in [2.45, 2.75) is 20.8 Å². The highest BCUT2D eigenvalue weighted by Crippen LogP contribution is 2.33. The zero-order valence-electron chi connectivity index (χ0n) is 10.2. The van der Waals surface area contributed by atoms with Crippen molar-refractivity contribution in [1.29, 1.82) is 0 Å². The molecule has 0 aliphatic heterocycles. The van der Waals surface area contributed by atoms with Gasteiger partial charge in [-0.2, -0.15) is 0 Å². The minimum atomic E-state index is -1.14. The summed E-state index contributed by atoms with van der Waals surface area (Å²) >= 11 is 0.